The Bertz CT molecular complexity index is 478. The molecule has 102 valence electrons. The van der Waals surface area contributed by atoms with Crippen molar-refractivity contribution in [2.24, 2.45) is 5.92 Å². The number of hydrogen-bond acceptors (Lipinski definition) is 4. The summed E-state index contributed by atoms with van der Waals surface area (Å²) in [6.45, 7) is 4.21. The number of rotatable bonds is 3. The molecule has 1 saturated heterocycles. The molecule has 2 unspecified atom stereocenters. The lowest BCUT2D eigenvalue weighted by atomic mass is 9.83. The molecule has 3 heterocycles. The van der Waals surface area contributed by atoms with Crippen LogP contribution in [0.4, 0.5) is 0 Å². The van der Waals surface area contributed by atoms with Gasteiger partial charge in [0.2, 0.25) is 5.78 Å². The molecular formula is C15H19NO3. The minimum atomic E-state index is -0.399. The van der Waals surface area contributed by atoms with Crippen molar-refractivity contribution in [3.8, 4) is 0 Å². The highest BCUT2D eigenvalue weighted by Gasteiger charge is 2.40. The molecule has 2 atom stereocenters. The summed E-state index contributed by atoms with van der Waals surface area (Å²) in [5, 5.41) is 0. The molecule has 0 N–H and O–H groups in total. The number of ether oxygens (including phenoxy) is 1. The lowest BCUT2D eigenvalue weighted by Gasteiger charge is -2.39. The maximum Gasteiger partial charge on any atom is 0.221 e. The molecule has 0 amide bonds. The molecular weight excluding hydrogens is 242 g/mol. The van der Waals surface area contributed by atoms with Crippen LogP contribution in [0, 0.1) is 5.92 Å². The molecule has 0 aliphatic carbocycles. The first-order chi connectivity index (χ1) is 9.26. The summed E-state index contributed by atoms with van der Waals surface area (Å²) in [5.74, 6) is 0.0290. The van der Waals surface area contributed by atoms with E-state index in [4.69, 9.17) is 4.74 Å². The maximum atomic E-state index is 12.0. The van der Waals surface area contributed by atoms with E-state index < -0.39 is 6.04 Å². The van der Waals surface area contributed by atoms with Gasteiger partial charge in [0.1, 0.15) is 6.04 Å². The normalized spacial score (nSPS) is 29.7. The summed E-state index contributed by atoms with van der Waals surface area (Å²) in [4.78, 5) is 25.1. The Labute approximate surface area is 113 Å². The number of nitrogens with zero attached hydrogens (tertiary/aromatic N) is 1. The van der Waals surface area contributed by atoms with Gasteiger partial charge in [0.25, 0.3) is 0 Å². The molecule has 3 aliphatic rings. The third-order valence-corrected chi connectivity index (χ3v) is 4.43. The van der Waals surface area contributed by atoms with Gasteiger partial charge >= 0.3 is 0 Å². The van der Waals surface area contributed by atoms with Crippen molar-refractivity contribution in [3.05, 3.63) is 22.9 Å². The lowest BCUT2D eigenvalue weighted by Crippen LogP contribution is -2.46. The Hall–Kier alpha value is -1.42. The van der Waals surface area contributed by atoms with E-state index in [-0.39, 0.29) is 5.78 Å². The van der Waals surface area contributed by atoms with Gasteiger partial charge in [0.15, 0.2) is 6.29 Å². The van der Waals surface area contributed by atoms with Crippen LogP contribution in [0.3, 0.4) is 0 Å². The fraction of sp³-hybridized carbons (Fsp3) is 0.600. The standard InChI is InChI=1S/C15H19NO3/c1-2-10-8-19-9-13-12(10)6-11-4-3-5-16(11)15(13)14(18)7-17/h6-7,10,15H,2-5,8-9H2,1H3. The second-order valence-electron chi connectivity index (χ2n) is 5.46. The van der Waals surface area contributed by atoms with Gasteiger partial charge in [-0.15, -0.1) is 0 Å². The Balaban J connectivity index is 2.06. The van der Waals surface area contributed by atoms with Gasteiger partial charge < -0.3 is 9.64 Å². The number of carbonyl (C=O) groups excluding carboxylic acids is 2. The van der Waals surface area contributed by atoms with E-state index in [1.807, 2.05) is 0 Å². The second-order valence-corrected chi connectivity index (χ2v) is 5.46. The lowest BCUT2D eigenvalue weighted by molar-refractivity contribution is -0.132. The van der Waals surface area contributed by atoms with Crippen LogP contribution in [-0.4, -0.2) is 42.8 Å². The highest BCUT2D eigenvalue weighted by Crippen LogP contribution is 2.39. The predicted molar refractivity (Wildman–Crippen MR) is 70.5 cm³/mol. The molecule has 4 heteroatoms. The Kier molecular flexibility index (Phi) is 3.27. The number of ketones is 1. The van der Waals surface area contributed by atoms with E-state index in [1.165, 1.54) is 11.3 Å². The molecule has 1 fully saturated rings. The Morgan fingerprint density at radius 3 is 3.16 bits per heavy atom. The summed E-state index contributed by atoms with van der Waals surface area (Å²) in [6, 6.07) is -0.399. The van der Waals surface area contributed by atoms with Crippen molar-refractivity contribution in [3.63, 3.8) is 0 Å². The number of carbonyl (C=O) groups is 2. The summed E-state index contributed by atoms with van der Waals surface area (Å²) in [5.41, 5.74) is 3.49. The average Bonchev–Trinajstić information content (AvgIpc) is 2.91. The van der Waals surface area contributed by atoms with Crippen LogP contribution in [0.25, 0.3) is 0 Å². The fourth-order valence-electron chi connectivity index (χ4n) is 3.46. The average molecular weight is 261 g/mol. The fourth-order valence-corrected chi connectivity index (χ4v) is 3.46. The molecule has 4 nitrogen and oxygen atoms in total. The Morgan fingerprint density at radius 1 is 1.58 bits per heavy atom. The van der Waals surface area contributed by atoms with E-state index in [2.05, 4.69) is 17.9 Å². The number of Topliss-reactive ketones (excluding diaryl/α,β-unsaturated/α-hetero) is 1. The Morgan fingerprint density at radius 2 is 2.42 bits per heavy atom. The smallest absolute Gasteiger partial charge is 0.221 e. The van der Waals surface area contributed by atoms with Crippen LogP contribution in [0.15, 0.2) is 22.9 Å². The van der Waals surface area contributed by atoms with Gasteiger partial charge in [0.05, 0.1) is 13.2 Å². The molecule has 0 aromatic carbocycles. The second kappa shape index (κ2) is 4.93. The molecule has 0 bridgehead atoms. The van der Waals surface area contributed by atoms with Crippen LogP contribution in [0.2, 0.25) is 0 Å². The third-order valence-electron chi connectivity index (χ3n) is 4.43. The van der Waals surface area contributed by atoms with Gasteiger partial charge in [0, 0.05) is 18.2 Å². The van der Waals surface area contributed by atoms with Crippen molar-refractivity contribution in [1.82, 2.24) is 4.90 Å². The van der Waals surface area contributed by atoms with Gasteiger partial charge in [-0.05, 0) is 36.5 Å². The SMILES string of the molecule is CCC1COCC2=C1C=C1CCCN1C2C(=O)C=O. The van der Waals surface area contributed by atoms with Crippen LogP contribution < -0.4 is 0 Å². The molecule has 3 aliphatic heterocycles. The van der Waals surface area contributed by atoms with Crippen LogP contribution >= 0.6 is 0 Å². The van der Waals surface area contributed by atoms with Crippen LogP contribution in [0.5, 0.6) is 0 Å². The van der Waals surface area contributed by atoms with Crippen molar-refractivity contribution in [1.29, 1.82) is 0 Å². The molecule has 3 rings (SSSR count). The summed E-state index contributed by atoms with van der Waals surface area (Å²) < 4.78 is 5.63. The van der Waals surface area contributed by atoms with Crippen molar-refractivity contribution < 1.29 is 14.3 Å². The van der Waals surface area contributed by atoms with Crippen LogP contribution in [0.1, 0.15) is 26.2 Å². The highest BCUT2D eigenvalue weighted by atomic mass is 16.5. The zero-order valence-corrected chi connectivity index (χ0v) is 11.2. The van der Waals surface area contributed by atoms with E-state index in [1.54, 1.807) is 0 Å². The highest BCUT2D eigenvalue weighted by molar-refractivity contribution is 6.28. The summed E-state index contributed by atoms with van der Waals surface area (Å²) in [6.07, 6.45) is 5.79. The molecule has 0 spiro atoms. The van der Waals surface area contributed by atoms with E-state index >= 15 is 0 Å². The molecule has 0 saturated carbocycles. The van der Waals surface area contributed by atoms with Gasteiger partial charge in [-0.3, -0.25) is 9.59 Å². The van der Waals surface area contributed by atoms with Gasteiger partial charge in [-0.1, -0.05) is 6.92 Å². The van der Waals surface area contributed by atoms with Gasteiger partial charge in [-0.2, -0.15) is 0 Å². The number of fused-ring (bicyclic) bond motifs is 1. The van der Waals surface area contributed by atoms with E-state index in [9.17, 15) is 9.59 Å². The summed E-state index contributed by atoms with van der Waals surface area (Å²) >= 11 is 0. The molecule has 0 aromatic heterocycles. The zero-order valence-electron chi connectivity index (χ0n) is 11.2. The van der Waals surface area contributed by atoms with E-state index in [0.717, 1.165) is 38.0 Å². The minimum absolute atomic E-state index is 0.333. The molecule has 0 radical (unpaired) electrons. The minimum Gasteiger partial charge on any atom is -0.376 e. The third kappa shape index (κ3) is 1.94. The quantitative estimate of drug-likeness (QED) is 0.570. The zero-order chi connectivity index (χ0) is 13.4. The molecule has 0 aromatic rings. The monoisotopic (exact) mass is 261 g/mol. The topological polar surface area (TPSA) is 46.6 Å². The largest absolute Gasteiger partial charge is 0.376 e. The summed E-state index contributed by atoms with van der Waals surface area (Å²) in [7, 11) is 0. The first kappa shape index (κ1) is 12.6. The first-order valence-corrected chi connectivity index (χ1v) is 7.03. The van der Waals surface area contributed by atoms with Crippen LogP contribution in [-0.2, 0) is 14.3 Å². The maximum absolute atomic E-state index is 12.0. The van der Waals surface area contributed by atoms with Crippen molar-refractivity contribution >= 4 is 12.1 Å². The number of aldehydes is 1. The number of hydrogen-bond donors (Lipinski definition) is 0. The van der Waals surface area contributed by atoms with Crippen molar-refractivity contribution in [2.75, 3.05) is 19.8 Å². The first-order valence-electron chi connectivity index (χ1n) is 7.03. The van der Waals surface area contributed by atoms with Gasteiger partial charge in [-0.25, -0.2) is 0 Å². The van der Waals surface area contributed by atoms with E-state index in [0.29, 0.717) is 18.8 Å². The molecule has 19 heavy (non-hydrogen) atoms. The number of allylic oxidation sites excluding steroid dienone is 2. The van der Waals surface area contributed by atoms with Crippen molar-refractivity contribution in [2.45, 2.75) is 32.2 Å². The predicted octanol–water partition coefficient (Wildman–Crippen LogP) is 1.47.